The van der Waals surface area contributed by atoms with Gasteiger partial charge in [0.05, 0.1) is 12.6 Å². The minimum Gasteiger partial charge on any atom is -0.0620 e. The van der Waals surface area contributed by atoms with Gasteiger partial charge in [-0.25, -0.2) is 0 Å². The first kappa shape index (κ1) is 12.7. The van der Waals surface area contributed by atoms with Crippen molar-refractivity contribution in [3.8, 4) is 0 Å². The van der Waals surface area contributed by atoms with Gasteiger partial charge in [-0.2, -0.15) is 0 Å². The molecule has 2 rings (SSSR count). The van der Waals surface area contributed by atoms with E-state index < -0.39 is 6.95 Å². The van der Waals surface area contributed by atoms with Crippen molar-refractivity contribution in [2.24, 2.45) is 0 Å². The van der Waals surface area contributed by atoms with Gasteiger partial charge in [0.1, 0.15) is 10.6 Å². The van der Waals surface area contributed by atoms with E-state index in [1.807, 2.05) is 0 Å². The largest absolute Gasteiger partial charge is 0.101 e. The third-order valence-corrected chi connectivity index (χ3v) is 10.7. The zero-order chi connectivity index (χ0) is 12.3. The Labute approximate surface area is 107 Å². The molecular weight excluding hydrogens is 242 g/mol. The van der Waals surface area contributed by atoms with Crippen molar-refractivity contribution in [3.05, 3.63) is 60.7 Å². The summed E-state index contributed by atoms with van der Waals surface area (Å²) in [4.78, 5) is 0. The Morgan fingerprint density at radius 2 is 1.12 bits per heavy atom. The van der Waals surface area contributed by atoms with Gasteiger partial charge in [-0.1, -0.05) is 36.4 Å². The Bertz CT molecular complexity index is 423. The molecule has 1 atom stereocenters. The number of hydrogen-bond acceptors (Lipinski definition) is 0. The zero-order valence-corrected chi connectivity index (χ0v) is 12.4. The molecule has 0 heterocycles. The molecule has 88 valence electrons. The monoisotopic (exact) mass is 261 g/mol. The summed E-state index contributed by atoms with van der Waals surface area (Å²) in [7, 11) is 3.17. The van der Waals surface area contributed by atoms with Crippen molar-refractivity contribution >= 4 is 26.5 Å². The van der Waals surface area contributed by atoms with Crippen LogP contribution in [0.5, 0.6) is 0 Å². The lowest BCUT2D eigenvalue weighted by atomic mass is 10.4. The van der Waals surface area contributed by atoms with Gasteiger partial charge in [0.15, 0.2) is 0 Å². The minimum absolute atomic E-state index is 0.636. The van der Waals surface area contributed by atoms with Crippen molar-refractivity contribution in [1.82, 2.24) is 0 Å². The molecule has 0 aromatic heterocycles. The van der Waals surface area contributed by atoms with E-state index in [1.54, 1.807) is 0 Å². The van der Waals surface area contributed by atoms with Crippen LogP contribution < -0.4 is 10.6 Å². The Kier molecular flexibility index (Phi) is 3.97. The molecule has 0 aliphatic rings. The summed E-state index contributed by atoms with van der Waals surface area (Å²) in [5.74, 6) is 0. The molecule has 0 fully saturated rings. The normalized spacial score (nSPS) is 11.8. The molecule has 0 spiro atoms. The summed E-state index contributed by atoms with van der Waals surface area (Å²) in [5.41, 5.74) is 0.636. The molecule has 2 heteroatoms. The second-order valence-electron chi connectivity index (χ2n) is 4.54. The number of rotatable bonds is 3. The Balaban J connectivity index is 2.55. The first-order valence-corrected chi connectivity index (χ1v) is 9.42. The average molecular weight is 261 g/mol. The topological polar surface area (TPSA) is 0 Å². The second kappa shape index (κ2) is 5.30. The Morgan fingerprint density at radius 1 is 0.765 bits per heavy atom. The highest BCUT2D eigenvalue weighted by atomic mass is 32.1. The van der Waals surface area contributed by atoms with Crippen molar-refractivity contribution < 1.29 is 0 Å². The van der Waals surface area contributed by atoms with E-state index in [1.165, 1.54) is 10.6 Å². The molecule has 0 nitrogen and oxygen atoms in total. The lowest BCUT2D eigenvalue weighted by Gasteiger charge is -2.26. The second-order valence-corrected chi connectivity index (χ2v) is 10.6. The molecule has 0 bridgehead atoms. The van der Waals surface area contributed by atoms with E-state index in [-0.39, 0.29) is 0 Å². The molecule has 0 saturated heterocycles. The van der Waals surface area contributed by atoms with Crippen molar-refractivity contribution in [2.45, 2.75) is 19.5 Å². The SMILES string of the molecule is CC(C)[P+](P)(c1ccccc1)c1ccccc1. The summed E-state index contributed by atoms with van der Waals surface area (Å²) in [6.07, 6.45) is 0. The van der Waals surface area contributed by atoms with Crippen molar-refractivity contribution in [3.63, 3.8) is 0 Å². The van der Waals surface area contributed by atoms with Crippen LogP contribution in [0.4, 0.5) is 0 Å². The first-order valence-electron chi connectivity index (χ1n) is 5.94. The van der Waals surface area contributed by atoms with Crippen LogP contribution in [0, 0.1) is 0 Å². The molecule has 0 aliphatic carbocycles. The number of benzene rings is 2. The lowest BCUT2D eigenvalue weighted by molar-refractivity contribution is 1.10. The third-order valence-electron chi connectivity index (χ3n) is 3.18. The van der Waals surface area contributed by atoms with E-state index >= 15 is 0 Å². The van der Waals surface area contributed by atoms with Crippen LogP contribution in [0.3, 0.4) is 0 Å². The average Bonchev–Trinajstić information content (AvgIpc) is 2.39. The lowest BCUT2D eigenvalue weighted by Crippen LogP contribution is -2.23. The Hall–Kier alpha value is -0.700. The molecule has 0 amide bonds. The summed E-state index contributed by atoms with van der Waals surface area (Å²) in [6, 6.07) is 21.8. The maximum atomic E-state index is 3.17. The van der Waals surface area contributed by atoms with E-state index in [4.69, 9.17) is 0 Å². The smallest absolute Gasteiger partial charge is 0.0620 e. The van der Waals surface area contributed by atoms with E-state index in [0.717, 1.165) is 0 Å². The number of hydrogen-bond donors (Lipinski definition) is 0. The third kappa shape index (κ3) is 2.44. The van der Waals surface area contributed by atoms with E-state index in [0.29, 0.717) is 5.66 Å². The van der Waals surface area contributed by atoms with Gasteiger partial charge in [-0.05, 0) is 38.1 Å². The van der Waals surface area contributed by atoms with Gasteiger partial charge in [0.2, 0.25) is 0 Å². The predicted octanol–water partition coefficient (Wildman–Crippen LogP) is 3.85. The summed E-state index contributed by atoms with van der Waals surface area (Å²) >= 11 is 0. The highest BCUT2D eigenvalue weighted by Crippen LogP contribution is 2.67. The van der Waals surface area contributed by atoms with Crippen molar-refractivity contribution in [2.75, 3.05) is 0 Å². The molecule has 0 aliphatic heterocycles. The van der Waals surface area contributed by atoms with Crippen LogP contribution in [0.15, 0.2) is 60.7 Å². The first-order chi connectivity index (χ1) is 8.15. The predicted molar refractivity (Wildman–Crippen MR) is 83.9 cm³/mol. The summed E-state index contributed by atoms with van der Waals surface area (Å²) < 4.78 is 0. The quantitative estimate of drug-likeness (QED) is 0.736. The van der Waals surface area contributed by atoms with Crippen LogP contribution in [0.2, 0.25) is 0 Å². The van der Waals surface area contributed by atoms with Crippen LogP contribution >= 0.6 is 15.9 Å². The molecule has 2 aromatic carbocycles. The molecule has 0 radical (unpaired) electrons. The van der Waals surface area contributed by atoms with Crippen LogP contribution in [0.1, 0.15) is 13.8 Å². The van der Waals surface area contributed by atoms with Gasteiger partial charge < -0.3 is 0 Å². The highest BCUT2D eigenvalue weighted by Gasteiger charge is 2.40. The molecule has 1 unspecified atom stereocenters. The zero-order valence-electron chi connectivity index (χ0n) is 10.4. The van der Waals surface area contributed by atoms with Crippen LogP contribution in [0.25, 0.3) is 0 Å². The maximum Gasteiger partial charge on any atom is 0.101 e. The summed E-state index contributed by atoms with van der Waals surface area (Å²) in [6.45, 7) is 3.31. The van der Waals surface area contributed by atoms with Gasteiger partial charge in [0.25, 0.3) is 0 Å². The molecule has 17 heavy (non-hydrogen) atoms. The fourth-order valence-electron chi connectivity index (χ4n) is 2.09. The van der Waals surface area contributed by atoms with Crippen LogP contribution in [-0.4, -0.2) is 5.66 Å². The van der Waals surface area contributed by atoms with Gasteiger partial charge >= 0.3 is 0 Å². The fourth-order valence-corrected chi connectivity index (χ4v) is 5.95. The molecule has 2 aromatic rings. The standard InChI is InChI=1S/C15H19P2/c1-13(2)17(16,14-9-5-3-6-10-14)15-11-7-4-8-12-15/h3-13H,16H2,1-2H3/q+1. The van der Waals surface area contributed by atoms with Gasteiger partial charge in [-0.3, -0.25) is 0 Å². The van der Waals surface area contributed by atoms with E-state index in [2.05, 4.69) is 83.4 Å². The van der Waals surface area contributed by atoms with E-state index in [9.17, 15) is 0 Å². The van der Waals surface area contributed by atoms with Crippen molar-refractivity contribution in [1.29, 1.82) is 0 Å². The fraction of sp³-hybridized carbons (Fsp3) is 0.200. The Morgan fingerprint density at radius 3 is 1.41 bits per heavy atom. The minimum atomic E-state index is -1.33. The maximum absolute atomic E-state index is 3.17. The highest BCUT2D eigenvalue weighted by molar-refractivity contribution is 8.32. The van der Waals surface area contributed by atoms with Gasteiger partial charge in [0, 0.05) is 8.93 Å². The molecule has 0 saturated carbocycles. The molecular formula is C15H19P2+. The van der Waals surface area contributed by atoms with Gasteiger partial charge in [-0.15, -0.1) is 0 Å². The summed E-state index contributed by atoms with van der Waals surface area (Å²) in [5, 5.41) is 2.93. The molecule has 0 N–H and O–H groups in total. The van der Waals surface area contributed by atoms with Crippen LogP contribution in [-0.2, 0) is 0 Å².